The lowest BCUT2D eigenvalue weighted by Gasteiger charge is -2.02. The zero-order valence-electron chi connectivity index (χ0n) is 10.7. The van der Waals surface area contributed by atoms with Gasteiger partial charge in [0.15, 0.2) is 6.29 Å². The van der Waals surface area contributed by atoms with E-state index in [-0.39, 0.29) is 0 Å². The molecule has 0 radical (unpaired) electrons. The number of nitrogens with zero attached hydrogens (tertiary/aromatic N) is 2. The summed E-state index contributed by atoms with van der Waals surface area (Å²) < 4.78 is 1.99. The summed E-state index contributed by atoms with van der Waals surface area (Å²) in [6.07, 6.45) is 3.52. The highest BCUT2D eigenvalue weighted by Crippen LogP contribution is 2.16. The van der Waals surface area contributed by atoms with Gasteiger partial charge in [0.2, 0.25) is 0 Å². The van der Waals surface area contributed by atoms with E-state index in [9.17, 15) is 4.79 Å². The van der Waals surface area contributed by atoms with Gasteiger partial charge < -0.3 is 4.40 Å². The van der Waals surface area contributed by atoms with Crippen LogP contribution in [0.3, 0.4) is 0 Å². The quantitative estimate of drug-likeness (QED) is 0.669. The Hall–Kier alpha value is -2.42. The van der Waals surface area contributed by atoms with Crippen molar-refractivity contribution in [3.8, 4) is 0 Å². The van der Waals surface area contributed by atoms with E-state index in [1.165, 1.54) is 5.56 Å². The van der Waals surface area contributed by atoms with Crippen LogP contribution in [-0.4, -0.2) is 15.7 Å². The number of carbonyl (C=O) groups excluding carboxylic acids is 1. The monoisotopic (exact) mass is 250 g/mol. The largest absolute Gasteiger partial charge is 0.303 e. The molecule has 0 saturated heterocycles. The van der Waals surface area contributed by atoms with Gasteiger partial charge in [-0.05, 0) is 30.2 Å². The van der Waals surface area contributed by atoms with Gasteiger partial charge in [0.05, 0.1) is 5.52 Å². The first-order valence-electron chi connectivity index (χ1n) is 6.24. The summed E-state index contributed by atoms with van der Waals surface area (Å²) in [5.41, 5.74) is 3.70. The minimum Gasteiger partial charge on any atom is -0.303 e. The van der Waals surface area contributed by atoms with Gasteiger partial charge in [-0.25, -0.2) is 4.98 Å². The van der Waals surface area contributed by atoms with Gasteiger partial charge in [-0.2, -0.15) is 0 Å². The normalized spacial score (nSPS) is 10.8. The van der Waals surface area contributed by atoms with E-state index >= 15 is 0 Å². The van der Waals surface area contributed by atoms with Crippen LogP contribution >= 0.6 is 0 Å². The molecule has 2 heterocycles. The van der Waals surface area contributed by atoms with Gasteiger partial charge in [-0.3, -0.25) is 4.79 Å². The Balaban J connectivity index is 2.11. The molecular formula is C16H14N2O. The molecule has 0 aliphatic carbocycles. The molecule has 3 nitrogen and oxygen atoms in total. The van der Waals surface area contributed by atoms with Gasteiger partial charge in [-0.15, -0.1) is 0 Å². The maximum absolute atomic E-state index is 11.1. The molecule has 94 valence electrons. The highest BCUT2D eigenvalue weighted by atomic mass is 16.1. The van der Waals surface area contributed by atoms with E-state index in [1.807, 2.05) is 47.9 Å². The third-order valence-corrected chi connectivity index (χ3v) is 3.22. The van der Waals surface area contributed by atoms with Crippen LogP contribution in [0.25, 0.3) is 5.52 Å². The van der Waals surface area contributed by atoms with Crippen LogP contribution in [0.5, 0.6) is 0 Å². The molecule has 2 aromatic heterocycles. The number of fused-ring (bicyclic) bond motifs is 1. The van der Waals surface area contributed by atoms with Crippen LogP contribution in [0.2, 0.25) is 0 Å². The average Bonchev–Trinajstić information content (AvgIpc) is 2.77. The molecule has 0 bridgehead atoms. The van der Waals surface area contributed by atoms with E-state index in [0.29, 0.717) is 5.69 Å². The summed E-state index contributed by atoms with van der Waals surface area (Å²) in [6, 6.07) is 14.2. The number of aromatic nitrogens is 2. The number of aryl methyl sites for hydroxylation is 1. The molecule has 0 unspecified atom stereocenters. The second-order valence-electron chi connectivity index (χ2n) is 4.65. The van der Waals surface area contributed by atoms with Gasteiger partial charge in [-0.1, -0.05) is 30.3 Å². The lowest BCUT2D eigenvalue weighted by Crippen LogP contribution is -1.96. The van der Waals surface area contributed by atoms with Crippen LogP contribution in [0.15, 0.2) is 48.7 Å². The Morgan fingerprint density at radius 1 is 1.21 bits per heavy atom. The Bertz CT molecular complexity index is 729. The van der Waals surface area contributed by atoms with Crippen LogP contribution in [0.1, 0.15) is 27.4 Å². The summed E-state index contributed by atoms with van der Waals surface area (Å²) in [6.45, 7) is 2.01. The van der Waals surface area contributed by atoms with Crippen molar-refractivity contribution in [2.45, 2.75) is 13.3 Å². The minimum absolute atomic E-state index is 0.509. The lowest BCUT2D eigenvalue weighted by atomic mass is 10.1. The first kappa shape index (κ1) is 11.7. The molecule has 1 aromatic carbocycles. The molecule has 0 fully saturated rings. The molecule has 0 spiro atoms. The summed E-state index contributed by atoms with van der Waals surface area (Å²) in [4.78, 5) is 15.6. The highest BCUT2D eigenvalue weighted by molar-refractivity contribution is 5.84. The van der Waals surface area contributed by atoms with Crippen molar-refractivity contribution in [3.63, 3.8) is 0 Å². The maximum Gasteiger partial charge on any atom is 0.170 e. The third-order valence-electron chi connectivity index (χ3n) is 3.22. The Labute approximate surface area is 111 Å². The van der Waals surface area contributed by atoms with Crippen molar-refractivity contribution < 1.29 is 4.79 Å². The van der Waals surface area contributed by atoms with E-state index in [4.69, 9.17) is 0 Å². The zero-order chi connectivity index (χ0) is 13.2. The van der Waals surface area contributed by atoms with Crippen molar-refractivity contribution >= 4 is 11.8 Å². The standard InChI is InChI=1S/C16H14N2O/c1-12-7-8-18-15(9-12)14(11-19)17-16(18)10-13-5-3-2-4-6-13/h2-9,11H,10H2,1H3. The Kier molecular flexibility index (Phi) is 2.88. The van der Waals surface area contributed by atoms with Gasteiger partial charge in [0.25, 0.3) is 0 Å². The van der Waals surface area contributed by atoms with Crippen LogP contribution < -0.4 is 0 Å². The van der Waals surface area contributed by atoms with Gasteiger partial charge in [0, 0.05) is 12.6 Å². The molecule has 0 aliphatic rings. The topological polar surface area (TPSA) is 34.4 Å². The van der Waals surface area contributed by atoms with E-state index < -0.39 is 0 Å². The highest BCUT2D eigenvalue weighted by Gasteiger charge is 2.10. The molecule has 0 saturated carbocycles. The number of hydrogen-bond acceptors (Lipinski definition) is 2. The lowest BCUT2D eigenvalue weighted by molar-refractivity contribution is 0.112. The van der Waals surface area contributed by atoms with E-state index in [1.54, 1.807) is 0 Å². The number of imidazole rings is 1. The average molecular weight is 250 g/mol. The molecule has 19 heavy (non-hydrogen) atoms. The first-order chi connectivity index (χ1) is 9.28. The van der Waals surface area contributed by atoms with Crippen LogP contribution in [0.4, 0.5) is 0 Å². The smallest absolute Gasteiger partial charge is 0.170 e. The minimum atomic E-state index is 0.509. The van der Waals surface area contributed by atoms with Crippen molar-refractivity contribution in [2.24, 2.45) is 0 Å². The fourth-order valence-corrected chi connectivity index (χ4v) is 2.27. The molecule has 3 heteroatoms. The maximum atomic E-state index is 11.1. The van der Waals surface area contributed by atoms with Gasteiger partial charge >= 0.3 is 0 Å². The van der Waals surface area contributed by atoms with Gasteiger partial charge in [0.1, 0.15) is 11.5 Å². The van der Waals surface area contributed by atoms with Crippen LogP contribution in [-0.2, 0) is 6.42 Å². The predicted molar refractivity (Wildman–Crippen MR) is 74.6 cm³/mol. The first-order valence-corrected chi connectivity index (χ1v) is 6.24. The number of benzene rings is 1. The molecule has 0 N–H and O–H groups in total. The van der Waals surface area contributed by atoms with E-state index in [0.717, 1.165) is 29.6 Å². The van der Waals surface area contributed by atoms with Crippen LogP contribution in [0, 0.1) is 6.92 Å². The third kappa shape index (κ3) is 2.15. The molecule has 3 aromatic rings. The van der Waals surface area contributed by atoms with Crippen molar-refractivity contribution in [1.82, 2.24) is 9.38 Å². The molecular weight excluding hydrogens is 236 g/mol. The molecule has 0 atom stereocenters. The van der Waals surface area contributed by atoms with E-state index in [2.05, 4.69) is 17.1 Å². The fraction of sp³-hybridized carbons (Fsp3) is 0.125. The summed E-state index contributed by atoms with van der Waals surface area (Å²) >= 11 is 0. The van der Waals surface area contributed by atoms with Crippen molar-refractivity contribution in [3.05, 3.63) is 71.3 Å². The molecule has 0 aliphatic heterocycles. The Morgan fingerprint density at radius 3 is 2.74 bits per heavy atom. The Morgan fingerprint density at radius 2 is 2.00 bits per heavy atom. The summed E-state index contributed by atoms with van der Waals surface area (Å²) in [5, 5.41) is 0. The zero-order valence-corrected chi connectivity index (χ0v) is 10.7. The SMILES string of the molecule is Cc1ccn2c(Cc3ccccc3)nc(C=O)c2c1. The number of rotatable bonds is 3. The summed E-state index contributed by atoms with van der Waals surface area (Å²) in [7, 11) is 0. The molecule has 3 rings (SSSR count). The second kappa shape index (κ2) is 4.69. The second-order valence-corrected chi connectivity index (χ2v) is 4.65. The number of aldehydes is 1. The summed E-state index contributed by atoms with van der Waals surface area (Å²) in [5.74, 6) is 0.892. The number of pyridine rings is 1. The fourth-order valence-electron chi connectivity index (χ4n) is 2.27. The van der Waals surface area contributed by atoms with Crippen molar-refractivity contribution in [1.29, 1.82) is 0 Å². The molecule has 0 amide bonds. The number of hydrogen-bond donors (Lipinski definition) is 0. The number of carbonyl (C=O) groups is 1. The predicted octanol–water partition coefficient (Wildman–Crippen LogP) is 3.05. The van der Waals surface area contributed by atoms with Crippen molar-refractivity contribution in [2.75, 3.05) is 0 Å².